The third-order valence-corrected chi connectivity index (χ3v) is 3.30. The molecule has 2 rings (SSSR count). The highest BCUT2D eigenvalue weighted by molar-refractivity contribution is 5.94. The van der Waals surface area contributed by atoms with Crippen LogP contribution in [0.4, 0.5) is 5.69 Å². The molecule has 1 N–H and O–H groups in total. The minimum Gasteiger partial charge on any atom is -0.508 e. The molecule has 0 unspecified atom stereocenters. The molecular formula is C17H19NO2. The number of aromatic hydroxyl groups is 1. The number of rotatable bonds is 3. The molecule has 0 saturated heterocycles. The Hall–Kier alpha value is -2.29. The summed E-state index contributed by atoms with van der Waals surface area (Å²) in [5.74, 6) is 0.117. The Labute approximate surface area is 119 Å². The van der Waals surface area contributed by atoms with E-state index in [0.29, 0.717) is 5.56 Å². The van der Waals surface area contributed by atoms with Gasteiger partial charge in [-0.05, 0) is 43.2 Å². The van der Waals surface area contributed by atoms with Crippen LogP contribution in [0.2, 0.25) is 0 Å². The molecule has 0 bridgehead atoms. The van der Waals surface area contributed by atoms with Crippen LogP contribution in [0.1, 0.15) is 16.7 Å². The SMILES string of the molecule is Cc1cc(C)cc(N(C)C(=O)Cc2ccccc2O)c1. The highest BCUT2D eigenvalue weighted by Gasteiger charge is 2.14. The summed E-state index contributed by atoms with van der Waals surface area (Å²) in [7, 11) is 1.76. The van der Waals surface area contributed by atoms with Crippen molar-refractivity contribution < 1.29 is 9.90 Å². The molecule has 0 heterocycles. The second-order valence-electron chi connectivity index (χ2n) is 5.10. The maximum atomic E-state index is 12.3. The van der Waals surface area contributed by atoms with Crippen molar-refractivity contribution in [3.05, 3.63) is 59.2 Å². The second kappa shape index (κ2) is 5.78. The van der Waals surface area contributed by atoms with E-state index in [9.17, 15) is 9.90 Å². The Morgan fingerprint density at radius 1 is 1.10 bits per heavy atom. The second-order valence-corrected chi connectivity index (χ2v) is 5.10. The van der Waals surface area contributed by atoms with Crippen molar-refractivity contribution in [3.8, 4) is 5.75 Å². The number of likely N-dealkylation sites (N-methyl/N-ethyl adjacent to an activating group) is 1. The number of phenolic OH excluding ortho intramolecular Hbond substituents is 1. The molecule has 104 valence electrons. The fourth-order valence-corrected chi connectivity index (χ4v) is 2.23. The highest BCUT2D eigenvalue weighted by atomic mass is 16.3. The number of nitrogens with zero attached hydrogens (tertiary/aromatic N) is 1. The zero-order chi connectivity index (χ0) is 14.7. The van der Waals surface area contributed by atoms with Gasteiger partial charge in [-0.25, -0.2) is 0 Å². The van der Waals surface area contributed by atoms with E-state index < -0.39 is 0 Å². The standard InChI is InChI=1S/C17H19NO2/c1-12-8-13(2)10-15(9-12)18(3)17(20)11-14-6-4-5-7-16(14)19/h4-10,19H,11H2,1-3H3. The Balaban J connectivity index is 2.18. The summed E-state index contributed by atoms with van der Waals surface area (Å²) in [6.45, 7) is 4.02. The topological polar surface area (TPSA) is 40.5 Å². The molecule has 0 aromatic heterocycles. The van der Waals surface area contributed by atoms with Gasteiger partial charge in [0.2, 0.25) is 5.91 Å². The number of benzene rings is 2. The average Bonchev–Trinajstić information content (AvgIpc) is 2.39. The highest BCUT2D eigenvalue weighted by Crippen LogP contribution is 2.21. The minimum atomic E-state index is -0.0449. The van der Waals surface area contributed by atoms with Gasteiger partial charge in [0, 0.05) is 18.3 Å². The number of phenols is 1. The van der Waals surface area contributed by atoms with Gasteiger partial charge >= 0.3 is 0 Å². The summed E-state index contributed by atoms with van der Waals surface area (Å²) in [6, 6.07) is 13.0. The van der Waals surface area contributed by atoms with Crippen molar-refractivity contribution >= 4 is 11.6 Å². The Kier molecular flexibility index (Phi) is 4.08. The van der Waals surface area contributed by atoms with Crippen LogP contribution < -0.4 is 4.90 Å². The summed E-state index contributed by atoms with van der Waals surface area (Å²) >= 11 is 0. The van der Waals surface area contributed by atoms with E-state index in [0.717, 1.165) is 16.8 Å². The third-order valence-electron chi connectivity index (χ3n) is 3.30. The number of hydrogen-bond acceptors (Lipinski definition) is 2. The van der Waals surface area contributed by atoms with Gasteiger partial charge in [0.05, 0.1) is 6.42 Å². The van der Waals surface area contributed by atoms with Gasteiger partial charge in [0.15, 0.2) is 0 Å². The van der Waals surface area contributed by atoms with Gasteiger partial charge in [-0.1, -0.05) is 24.3 Å². The van der Waals surface area contributed by atoms with E-state index >= 15 is 0 Å². The van der Waals surface area contributed by atoms with Crippen molar-refractivity contribution in [3.63, 3.8) is 0 Å². The molecule has 2 aromatic carbocycles. The lowest BCUT2D eigenvalue weighted by atomic mass is 10.1. The quantitative estimate of drug-likeness (QED) is 0.929. The van der Waals surface area contributed by atoms with E-state index in [-0.39, 0.29) is 18.1 Å². The largest absolute Gasteiger partial charge is 0.508 e. The van der Waals surface area contributed by atoms with Crippen LogP contribution in [-0.4, -0.2) is 18.1 Å². The normalized spacial score (nSPS) is 10.3. The van der Waals surface area contributed by atoms with Crippen LogP contribution in [0.5, 0.6) is 5.75 Å². The zero-order valence-corrected chi connectivity index (χ0v) is 12.1. The molecule has 1 amide bonds. The molecule has 20 heavy (non-hydrogen) atoms. The molecule has 2 aromatic rings. The molecule has 0 radical (unpaired) electrons. The van der Waals surface area contributed by atoms with Crippen molar-refractivity contribution in [2.24, 2.45) is 0 Å². The minimum absolute atomic E-state index is 0.0449. The van der Waals surface area contributed by atoms with Crippen molar-refractivity contribution in [1.29, 1.82) is 0 Å². The van der Waals surface area contributed by atoms with Crippen LogP contribution in [0.15, 0.2) is 42.5 Å². The number of carbonyl (C=O) groups excluding carboxylic acids is 1. The molecule has 0 aliphatic rings. The Morgan fingerprint density at radius 2 is 1.70 bits per heavy atom. The van der Waals surface area contributed by atoms with Crippen LogP contribution in [0.25, 0.3) is 0 Å². The molecule has 0 aliphatic heterocycles. The number of aryl methyl sites for hydroxylation is 2. The van der Waals surface area contributed by atoms with Gasteiger partial charge in [-0.3, -0.25) is 4.79 Å². The van der Waals surface area contributed by atoms with Crippen LogP contribution in [-0.2, 0) is 11.2 Å². The molecule has 0 spiro atoms. The summed E-state index contributed by atoms with van der Waals surface area (Å²) in [5.41, 5.74) is 3.78. The first kappa shape index (κ1) is 14.1. The summed E-state index contributed by atoms with van der Waals surface area (Å²) < 4.78 is 0. The summed E-state index contributed by atoms with van der Waals surface area (Å²) in [4.78, 5) is 13.9. The monoisotopic (exact) mass is 269 g/mol. The van der Waals surface area contributed by atoms with E-state index in [1.807, 2.05) is 32.0 Å². The van der Waals surface area contributed by atoms with Crippen LogP contribution in [0.3, 0.4) is 0 Å². The lowest BCUT2D eigenvalue weighted by molar-refractivity contribution is -0.117. The average molecular weight is 269 g/mol. The number of carbonyl (C=O) groups is 1. The zero-order valence-electron chi connectivity index (χ0n) is 12.1. The number of para-hydroxylation sites is 1. The van der Waals surface area contributed by atoms with Gasteiger partial charge in [0.1, 0.15) is 5.75 Å². The van der Waals surface area contributed by atoms with E-state index in [2.05, 4.69) is 6.07 Å². The molecule has 0 saturated carbocycles. The molecule has 0 aliphatic carbocycles. The van der Waals surface area contributed by atoms with E-state index in [1.165, 1.54) is 0 Å². The summed E-state index contributed by atoms with van der Waals surface area (Å²) in [6.07, 6.45) is 0.191. The predicted octanol–water partition coefficient (Wildman–Crippen LogP) is 3.21. The lowest BCUT2D eigenvalue weighted by Crippen LogP contribution is -2.28. The Morgan fingerprint density at radius 3 is 2.30 bits per heavy atom. The number of anilines is 1. The first-order chi connectivity index (χ1) is 9.47. The molecular weight excluding hydrogens is 250 g/mol. The number of hydrogen-bond donors (Lipinski definition) is 1. The predicted molar refractivity (Wildman–Crippen MR) is 81.1 cm³/mol. The number of amides is 1. The molecule has 0 atom stereocenters. The van der Waals surface area contributed by atoms with Gasteiger partial charge in [0.25, 0.3) is 0 Å². The smallest absolute Gasteiger partial charge is 0.231 e. The molecule has 3 heteroatoms. The first-order valence-electron chi connectivity index (χ1n) is 6.59. The third kappa shape index (κ3) is 3.18. The first-order valence-corrected chi connectivity index (χ1v) is 6.59. The van der Waals surface area contributed by atoms with Crippen molar-refractivity contribution in [2.75, 3.05) is 11.9 Å². The Bertz CT molecular complexity index is 614. The maximum Gasteiger partial charge on any atom is 0.231 e. The lowest BCUT2D eigenvalue weighted by Gasteiger charge is -2.19. The molecule has 3 nitrogen and oxygen atoms in total. The molecule has 0 fully saturated rings. The van der Waals surface area contributed by atoms with E-state index in [4.69, 9.17) is 0 Å². The van der Waals surface area contributed by atoms with Crippen molar-refractivity contribution in [1.82, 2.24) is 0 Å². The van der Waals surface area contributed by atoms with Gasteiger partial charge in [-0.15, -0.1) is 0 Å². The van der Waals surface area contributed by atoms with E-state index in [1.54, 1.807) is 30.1 Å². The fourth-order valence-electron chi connectivity index (χ4n) is 2.23. The summed E-state index contributed by atoms with van der Waals surface area (Å²) in [5, 5.41) is 9.73. The van der Waals surface area contributed by atoms with Crippen molar-refractivity contribution in [2.45, 2.75) is 20.3 Å². The van der Waals surface area contributed by atoms with Crippen LogP contribution >= 0.6 is 0 Å². The van der Waals surface area contributed by atoms with Gasteiger partial charge < -0.3 is 10.0 Å². The fraction of sp³-hybridized carbons (Fsp3) is 0.235. The maximum absolute atomic E-state index is 12.3. The van der Waals surface area contributed by atoms with Crippen LogP contribution in [0, 0.1) is 13.8 Å². The van der Waals surface area contributed by atoms with Gasteiger partial charge in [-0.2, -0.15) is 0 Å².